The van der Waals surface area contributed by atoms with Crippen molar-refractivity contribution in [2.75, 3.05) is 13.2 Å². The average molecular weight is 212 g/mol. The van der Waals surface area contributed by atoms with Gasteiger partial charge in [-0.05, 0) is 39.0 Å². The Balaban J connectivity index is 2.10. The Labute approximate surface area is 91.1 Å². The molecule has 3 nitrogen and oxygen atoms in total. The summed E-state index contributed by atoms with van der Waals surface area (Å²) in [5.74, 6) is -0.194. The van der Waals surface area contributed by atoms with Crippen molar-refractivity contribution in [2.24, 2.45) is 0 Å². The molecule has 1 aliphatic rings. The Morgan fingerprint density at radius 2 is 2.27 bits per heavy atom. The Kier molecular flexibility index (Phi) is 5.40. The van der Waals surface area contributed by atoms with Crippen molar-refractivity contribution in [3.8, 4) is 0 Å². The highest BCUT2D eigenvalue weighted by Gasteiger charge is 2.11. The third kappa shape index (κ3) is 4.47. The van der Waals surface area contributed by atoms with E-state index in [1.165, 1.54) is 30.4 Å². The number of aliphatic hydroxyl groups excluding tert-OH is 1. The fourth-order valence-electron chi connectivity index (χ4n) is 1.97. The molecule has 0 spiro atoms. The number of ether oxygens (including phenoxy) is 1. The molecular weight excluding hydrogens is 192 g/mol. The summed E-state index contributed by atoms with van der Waals surface area (Å²) in [6.45, 7) is 2.23. The summed E-state index contributed by atoms with van der Waals surface area (Å²) in [5.41, 5.74) is 3.05. The zero-order valence-electron chi connectivity index (χ0n) is 9.42. The quantitative estimate of drug-likeness (QED) is 0.542. The van der Waals surface area contributed by atoms with Gasteiger partial charge in [-0.1, -0.05) is 11.1 Å². The molecule has 1 rings (SSSR count). The van der Waals surface area contributed by atoms with Gasteiger partial charge in [0.05, 0.1) is 6.61 Å². The van der Waals surface area contributed by atoms with E-state index >= 15 is 0 Å². The van der Waals surface area contributed by atoms with E-state index in [1.807, 2.05) is 0 Å². The molecule has 0 aromatic rings. The van der Waals surface area contributed by atoms with Crippen molar-refractivity contribution >= 4 is 5.97 Å². The minimum absolute atomic E-state index is 0.0873. The third-order valence-corrected chi connectivity index (χ3v) is 2.85. The monoisotopic (exact) mass is 212 g/mol. The van der Waals surface area contributed by atoms with Gasteiger partial charge in [-0.3, -0.25) is 4.79 Å². The standard InChI is InChI=1S/C12H20O3/c1-10-4-2-5-11(10)6-3-7-12(14)15-9-8-13/h13H,2-9H2,1H3. The zero-order valence-corrected chi connectivity index (χ0v) is 9.42. The lowest BCUT2D eigenvalue weighted by atomic mass is 10.1. The highest BCUT2D eigenvalue weighted by atomic mass is 16.5. The molecule has 0 saturated heterocycles. The van der Waals surface area contributed by atoms with E-state index in [2.05, 4.69) is 6.92 Å². The average Bonchev–Trinajstić information content (AvgIpc) is 2.61. The van der Waals surface area contributed by atoms with Crippen molar-refractivity contribution < 1.29 is 14.6 Å². The van der Waals surface area contributed by atoms with Crippen LogP contribution < -0.4 is 0 Å². The van der Waals surface area contributed by atoms with Gasteiger partial charge in [0.15, 0.2) is 0 Å². The molecule has 0 aromatic heterocycles. The lowest BCUT2D eigenvalue weighted by Crippen LogP contribution is -2.08. The van der Waals surface area contributed by atoms with E-state index in [9.17, 15) is 4.79 Å². The molecule has 0 atom stereocenters. The second-order valence-electron chi connectivity index (χ2n) is 4.04. The number of carbonyl (C=O) groups excluding carboxylic acids is 1. The van der Waals surface area contributed by atoms with Gasteiger partial charge in [0.2, 0.25) is 0 Å². The first-order valence-electron chi connectivity index (χ1n) is 5.68. The molecule has 0 saturated carbocycles. The third-order valence-electron chi connectivity index (χ3n) is 2.85. The van der Waals surface area contributed by atoms with Crippen LogP contribution in [0.15, 0.2) is 11.1 Å². The van der Waals surface area contributed by atoms with E-state index < -0.39 is 0 Å². The van der Waals surface area contributed by atoms with Gasteiger partial charge < -0.3 is 9.84 Å². The van der Waals surface area contributed by atoms with Crippen molar-refractivity contribution in [1.82, 2.24) is 0 Å². The van der Waals surface area contributed by atoms with Crippen molar-refractivity contribution in [2.45, 2.75) is 45.4 Å². The molecular formula is C12H20O3. The van der Waals surface area contributed by atoms with Crippen LogP contribution in [0.1, 0.15) is 45.4 Å². The van der Waals surface area contributed by atoms with E-state index in [1.54, 1.807) is 0 Å². The van der Waals surface area contributed by atoms with E-state index in [-0.39, 0.29) is 19.2 Å². The molecule has 3 heteroatoms. The van der Waals surface area contributed by atoms with Crippen LogP contribution in [0.5, 0.6) is 0 Å². The first-order valence-corrected chi connectivity index (χ1v) is 5.68. The fourth-order valence-corrected chi connectivity index (χ4v) is 1.97. The van der Waals surface area contributed by atoms with Crippen LogP contribution in [-0.4, -0.2) is 24.3 Å². The molecule has 15 heavy (non-hydrogen) atoms. The maximum Gasteiger partial charge on any atom is 0.305 e. The number of allylic oxidation sites excluding steroid dienone is 2. The van der Waals surface area contributed by atoms with Crippen LogP contribution in [0.2, 0.25) is 0 Å². The van der Waals surface area contributed by atoms with Crippen molar-refractivity contribution in [3.05, 3.63) is 11.1 Å². The van der Waals surface area contributed by atoms with Crippen LogP contribution in [0.3, 0.4) is 0 Å². The van der Waals surface area contributed by atoms with E-state index in [4.69, 9.17) is 9.84 Å². The lowest BCUT2D eigenvalue weighted by molar-refractivity contribution is -0.144. The van der Waals surface area contributed by atoms with Crippen LogP contribution in [0.4, 0.5) is 0 Å². The summed E-state index contributed by atoms with van der Waals surface area (Å²) in [4.78, 5) is 11.1. The Bertz CT molecular complexity index is 243. The molecule has 0 fully saturated rings. The van der Waals surface area contributed by atoms with E-state index in [0.717, 1.165) is 12.8 Å². The highest BCUT2D eigenvalue weighted by Crippen LogP contribution is 2.28. The second-order valence-corrected chi connectivity index (χ2v) is 4.04. The largest absolute Gasteiger partial charge is 0.463 e. The number of aliphatic hydroxyl groups is 1. The van der Waals surface area contributed by atoms with Crippen molar-refractivity contribution in [3.63, 3.8) is 0 Å². The minimum atomic E-state index is -0.194. The summed E-state index contributed by atoms with van der Waals surface area (Å²) in [6.07, 6.45) is 6.08. The van der Waals surface area contributed by atoms with Crippen LogP contribution >= 0.6 is 0 Å². The summed E-state index contributed by atoms with van der Waals surface area (Å²) in [7, 11) is 0. The Morgan fingerprint density at radius 1 is 1.47 bits per heavy atom. The molecule has 0 heterocycles. The summed E-state index contributed by atoms with van der Waals surface area (Å²) in [6, 6.07) is 0. The molecule has 1 aliphatic carbocycles. The molecule has 0 radical (unpaired) electrons. The number of esters is 1. The number of hydrogen-bond acceptors (Lipinski definition) is 3. The maximum atomic E-state index is 11.1. The maximum absolute atomic E-state index is 11.1. The second kappa shape index (κ2) is 6.62. The van der Waals surface area contributed by atoms with Gasteiger partial charge in [0, 0.05) is 6.42 Å². The van der Waals surface area contributed by atoms with Gasteiger partial charge in [0.1, 0.15) is 6.61 Å². The minimum Gasteiger partial charge on any atom is -0.463 e. The zero-order chi connectivity index (χ0) is 11.1. The number of rotatable bonds is 6. The van der Waals surface area contributed by atoms with Gasteiger partial charge in [0.25, 0.3) is 0 Å². The van der Waals surface area contributed by atoms with Gasteiger partial charge in [-0.2, -0.15) is 0 Å². The highest BCUT2D eigenvalue weighted by molar-refractivity contribution is 5.69. The van der Waals surface area contributed by atoms with Crippen molar-refractivity contribution in [1.29, 1.82) is 0 Å². The summed E-state index contributed by atoms with van der Waals surface area (Å²) < 4.78 is 4.78. The van der Waals surface area contributed by atoms with E-state index in [0.29, 0.717) is 6.42 Å². The molecule has 0 bridgehead atoms. The molecule has 0 amide bonds. The fraction of sp³-hybridized carbons (Fsp3) is 0.750. The van der Waals surface area contributed by atoms with Gasteiger partial charge in [-0.25, -0.2) is 0 Å². The first kappa shape index (κ1) is 12.2. The number of carbonyl (C=O) groups is 1. The van der Waals surface area contributed by atoms with Crippen LogP contribution in [0, 0.1) is 0 Å². The topological polar surface area (TPSA) is 46.5 Å². The number of hydrogen-bond donors (Lipinski definition) is 1. The van der Waals surface area contributed by atoms with Crippen LogP contribution in [-0.2, 0) is 9.53 Å². The Hall–Kier alpha value is -0.830. The molecule has 0 aliphatic heterocycles. The van der Waals surface area contributed by atoms with Gasteiger partial charge >= 0.3 is 5.97 Å². The summed E-state index contributed by atoms with van der Waals surface area (Å²) in [5, 5.41) is 8.46. The summed E-state index contributed by atoms with van der Waals surface area (Å²) >= 11 is 0. The predicted molar refractivity (Wildman–Crippen MR) is 58.4 cm³/mol. The smallest absolute Gasteiger partial charge is 0.305 e. The molecule has 0 aromatic carbocycles. The normalized spacial score (nSPS) is 15.9. The first-order chi connectivity index (χ1) is 7.24. The Morgan fingerprint density at radius 3 is 2.87 bits per heavy atom. The lowest BCUT2D eigenvalue weighted by Gasteiger charge is -2.04. The molecule has 0 unspecified atom stereocenters. The molecule has 86 valence electrons. The van der Waals surface area contributed by atoms with Gasteiger partial charge in [-0.15, -0.1) is 0 Å². The van der Waals surface area contributed by atoms with Crippen LogP contribution in [0.25, 0.3) is 0 Å². The molecule has 1 N–H and O–H groups in total. The SMILES string of the molecule is CC1=C(CCCC(=O)OCCO)CCC1. The predicted octanol–water partition coefficient (Wildman–Crippen LogP) is 2.19.